The summed E-state index contributed by atoms with van der Waals surface area (Å²) in [4.78, 5) is 4.25. The molecule has 0 spiro atoms. The van der Waals surface area contributed by atoms with E-state index < -0.39 is 0 Å². The van der Waals surface area contributed by atoms with E-state index in [2.05, 4.69) is 24.1 Å². The van der Waals surface area contributed by atoms with E-state index in [9.17, 15) is 0 Å². The molecule has 3 nitrogen and oxygen atoms in total. The average molecular weight is 208 g/mol. The van der Waals surface area contributed by atoms with E-state index in [1.807, 2.05) is 18.3 Å². The fourth-order valence-corrected chi connectivity index (χ4v) is 1.26. The van der Waals surface area contributed by atoms with Gasteiger partial charge in [0.2, 0.25) is 0 Å². The van der Waals surface area contributed by atoms with Gasteiger partial charge in [0.05, 0.1) is 12.3 Å². The Morgan fingerprint density at radius 1 is 1.33 bits per heavy atom. The highest BCUT2D eigenvalue weighted by Crippen LogP contribution is 2.08. The smallest absolute Gasteiger partial charge is 0.0888 e. The molecule has 84 valence electrons. The molecule has 0 aliphatic carbocycles. The number of rotatable bonds is 7. The van der Waals surface area contributed by atoms with Crippen LogP contribution < -0.4 is 5.32 Å². The molecular formula is C12H20N2O. The maximum absolute atomic E-state index is 5.44. The third kappa shape index (κ3) is 4.79. The molecule has 0 saturated carbocycles. The molecule has 1 heterocycles. The zero-order chi connectivity index (χ0) is 10.9. The molecule has 0 fully saturated rings. The summed E-state index contributed by atoms with van der Waals surface area (Å²) in [6.45, 7) is 6.66. The summed E-state index contributed by atoms with van der Waals surface area (Å²) in [6.07, 6.45) is 4.00. The first kappa shape index (κ1) is 12.0. The van der Waals surface area contributed by atoms with Gasteiger partial charge in [-0.3, -0.25) is 4.98 Å². The van der Waals surface area contributed by atoms with E-state index in [0.717, 1.165) is 37.4 Å². The molecule has 0 radical (unpaired) electrons. The molecule has 0 atom stereocenters. The zero-order valence-corrected chi connectivity index (χ0v) is 9.62. The van der Waals surface area contributed by atoms with Crippen LogP contribution in [-0.2, 0) is 11.3 Å². The Bertz CT molecular complexity index is 276. The van der Waals surface area contributed by atoms with Crippen molar-refractivity contribution in [2.75, 3.05) is 18.5 Å². The van der Waals surface area contributed by atoms with Crippen LogP contribution in [0.25, 0.3) is 0 Å². The minimum absolute atomic E-state index is 0.607. The van der Waals surface area contributed by atoms with Crippen molar-refractivity contribution in [3.05, 3.63) is 24.0 Å². The molecule has 15 heavy (non-hydrogen) atoms. The minimum atomic E-state index is 0.607. The Balaban J connectivity index is 2.42. The van der Waals surface area contributed by atoms with Crippen molar-refractivity contribution in [3.63, 3.8) is 0 Å². The Labute approximate surface area is 91.9 Å². The van der Waals surface area contributed by atoms with Gasteiger partial charge in [-0.25, -0.2) is 0 Å². The van der Waals surface area contributed by atoms with Gasteiger partial charge in [0.15, 0.2) is 0 Å². The summed E-state index contributed by atoms with van der Waals surface area (Å²) in [7, 11) is 0. The van der Waals surface area contributed by atoms with Gasteiger partial charge in [0.25, 0.3) is 0 Å². The molecule has 0 aliphatic heterocycles. The number of hydrogen-bond acceptors (Lipinski definition) is 3. The molecule has 0 unspecified atom stereocenters. The molecule has 3 heteroatoms. The second kappa shape index (κ2) is 7.23. The van der Waals surface area contributed by atoms with Gasteiger partial charge in [-0.15, -0.1) is 0 Å². The van der Waals surface area contributed by atoms with E-state index in [1.54, 1.807) is 0 Å². The van der Waals surface area contributed by atoms with Gasteiger partial charge in [-0.05, 0) is 25.0 Å². The maximum Gasteiger partial charge on any atom is 0.0888 e. The Hall–Kier alpha value is -1.09. The van der Waals surface area contributed by atoms with E-state index in [4.69, 9.17) is 4.74 Å². The number of hydrogen-bond donors (Lipinski definition) is 1. The highest BCUT2D eigenvalue weighted by atomic mass is 16.5. The van der Waals surface area contributed by atoms with Gasteiger partial charge < -0.3 is 10.1 Å². The number of pyridine rings is 1. The minimum Gasteiger partial charge on any atom is -0.385 e. The first-order chi connectivity index (χ1) is 7.36. The Morgan fingerprint density at radius 3 is 2.93 bits per heavy atom. The van der Waals surface area contributed by atoms with Crippen LogP contribution in [0, 0.1) is 0 Å². The van der Waals surface area contributed by atoms with Gasteiger partial charge in [-0.1, -0.05) is 13.8 Å². The third-order valence-corrected chi connectivity index (χ3v) is 1.99. The van der Waals surface area contributed by atoms with Crippen LogP contribution in [-0.4, -0.2) is 18.1 Å². The van der Waals surface area contributed by atoms with Crippen molar-refractivity contribution in [3.8, 4) is 0 Å². The summed E-state index contributed by atoms with van der Waals surface area (Å²) in [6, 6.07) is 4.03. The maximum atomic E-state index is 5.44. The standard InChI is InChI=1S/C12H20N2O/c1-3-6-13-11-5-7-14-12(9-11)10-15-8-4-2/h5,7,9H,3-4,6,8,10H2,1-2H3,(H,13,14). The van der Waals surface area contributed by atoms with Crippen LogP contribution in [0.2, 0.25) is 0 Å². The molecule has 0 saturated heterocycles. The third-order valence-electron chi connectivity index (χ3n) is 1.99. The monoisotopic (exact) mass is 208 g/mol. The molecule has 1 aromatic rings. The lowest BCUT2D eigenvalue weighted by Crippen LogP contribution is -2.02. The van der Waals surface area contributed by atoms with Crippen LogP contribution >= 0.6 is 0 Å². The number of ether oxygens (including phenoxy) is 1. The lowest BCUT2D eigenvalue weighted by molar-refractivity contribution is 0.119. The van der Waals surface area contributed by atoms with Crippen LogP contribution in [0.1, 0.15) is 32.4 Å². The summed E-state index contributed by atoms with van der Waals surface area (Å²) >= 11 is 0. The van der Waals surface area contributed by atoms with Crippen LogP contribution in [0.15, 0.2) is 18.3 Å². The second-order valence-electron chi connectivity index (χ2n) is 3.52. The average Bonchev–Trinajstić information content (AvgIpc) is 2.27. The van der Waals surface area contributed by atoms with E-state index in [0.29, 0.717) is 6.61 Å². The van der Waals surface area contributed by atoms with E-state index in [-0.39, 0.29) is 0 Å². The van der Waals surface area contributed by atoms with E-state index >= 15 is 0 Å². The van der Waals surface area contributed by atoms with Gasteiger partial charge in [0, 0.05) is 25.0 Å². The van der Waals surface area contributed by atoms with Crippen LogP contribution in [0.3, 0.4) is 0 Å². The molecule has 0 aliphatic rings. The number of aromatic nitrogens is 1. The van der Waals surface area contributed by atoms with Crippen LogP contribution in [0.5, 0.6) is 0 Å². The largest absolute Gasteiger partial charge is 0.385 e. The zero-order valence-electron chi connectivity index (χ0n) is 9.62. The van der Waals surface area contributed by atoms with Crippen molar-refractivity contribution in [2.24, 2.45) is 0 Å². The summed E-state index contributed by atoms with van der Waals surface area (Å²) in [5, 5.41) is 3.33. The lowest BCUT2D eigenvalue weighted by Gasteiger charge is -2.06. The van der Waals surface area contributed by atoms with Crippen molar-refractivity contribution in [2.45, 2.75) is 33.3 Å². The normalized spacial score (nSPS) is 10.3. The Kier molecular flexibility index (Phi) is 5.78. The summed E-state index contributed by atoms with van der Waals surface area (Å²) in [5.41, 5.74) is 2.12. The topological polar surface area (TPSA) is 34.2 Å². The highest BCUT2D eigenvalue weighted by molar-refractivity contribution is 5.42. The lowest BCUT2D eigenvalue weighted by atomic mass is 10.3. The van der Waals surface area contributed by atoms with Crippen molar-refractivity contribution in [1.29, 1.82) is 0 Å². The predicted molar refractivity (Wildman–Crippen MR) is 63.0 cm³/mol. The van der Waals surface area contributed by atoms with Gasteiger partial charge >= 0.3 is 0 Å². The molecule has 1 aromatic heterocycles. The molecule has 0 amide bonds. The molecule has 0 bridgehead atoms. The number of nitrogens with zero attached hydrogens (tertiary/aromatic N) is 1. The Morgan fingerprint density at radius 2 is 2.20 bits per heavy atom. The highest BCUT2D eigenvalue weighted by Gasteiger charge is 1.96. The fraction of sp³-hybridized carbons (Fsp3) is 0.583. The van der Waals surface area contributed by atoms with Crippen molar-refractivity contribution < 1.29 is 4.74 Å². The first-order valence-corrected chi connectivity index (χ1v) is 5.63. The summed E-state index contributed by atoms with van der Waals surface area (Å²) in [5.74, 6) is 0. The number of nitrogens with one attached hydrogen (secondary N) is 1. The van der Waals surface area contributed by atoms with Gasteiger partial charge in [0.1, 0.15) is 0 Å². The molecular weight excluding hydrogens is 188 g/mol. The van der Waals surface area contributed by atoms with Crippen molar-refractivity contribution in [1.82, 2.24) is 4.98 Å². The van der Waals surface area contributed by atoms with E-state index in [1.165, 1.54) is 0 Å². The molecule has 1 N–H and O–H groups in total. The first-order valence-electron chi connectivity index (χ1n) is 5.63. The van der Waals surface area contributed by atoms with Gasteiger partial charge in [-0.2, -0.15) is 0 Å². The SMILES string of the molecule is CCCNc1ccnc(COCCC)c1. The predicted octanol–water partition coefficient (Wildman–Crippen LogP) is 2.83. The molecule has 1 rings (SSSR count). The van der Waals surface area contributed by atoms with Crippen molar-refractivity contribution >= 4 is 5.69 Å². The van der Waals surface area contributed by atoms with Crippen LogP contribution in [0.4, 0.5) is 5.69 Å². The second-order valence-corrected chi connectivity index (χ2v) is 3.52. The quantitative estimate of drug-likeness (QED) is 0.700. The summed E-state index contributed by atoms with van der Waals surface area (Å²) < 4.78 is 5.44. The fourth-order valence-electron chi connectivity index (χ4n) is 1.26. The number of anilines is 1. The molecule has 0 aromatic carbocycles.